The molecule has 21 heavy (non-hydrogen) atoms. The lowest BCUT2D eigenvalue weighted by Crippen LogP contribution is -2.19. The maximum absolute atomic E-state index is 11.4. The molecule has 0 spiro atoms. The fourth-order valence-electron chi connectivity index (χ4n) is 1.55. The molecule has 2 rings (SSSR count). The van der Waals surface area contributed by atoms with Crippen LogP contribution in [0.3, 0.4) is 0 Å². The average Bonchev–Trinajstić information content (AvgIpc) is 2.91. The fraction of sp³-hybridized carbons (Fsp3) is 0.308. The van der Waals surface area contributed by atoms with Gasteiger partial charge in [0.05, 0.1) is 12.4 Å². The Balaban J connectivity index is 1.96. The van der Waals surface area contributed by atoms with Crippen LogP contribution in [0.1, 0.15) is 12.7 Å². The van der Waals surface area contributed by atoms with Gasteiger partial charge < -0.3 is 4.74 Å². The van der Waals surface area contributed by atoms with Crippen LogP contribution in [-0.4, -0.2) is 43.9 Å². The number of imidazole rings is 1. The first-order valence-electron chi connectivity index (χ1n) is 6.28. The number of aromatic nitrogens is 4. The van der Waals surface area contributed by atoms with Gasteiger partial charge in [-0.2, -0.15) is 0 Å². The first-order chi connectivity index (χ1) is 10.1. The van der Waals surface area contributed by atoms with E-state index in [1.807, 2.05) is 6.92 Å². The lowest BCUT2D eigenvalue weighted by Gasteiger charge is -2.04. The summed E-state index contributed by atoms with van der Waals surface area (Å²) < 4.78 is 6.42. The van der Waals surface area contributed by atoms with Crippen molar-refractivity contribution in [2.45, 2.75) is 18.9 Å². The van der Waals surface area contributed by atoms with Gasteiger partial charge in [0.1, 0.15) is 10.9 Å². The predicted octanol–water partition coefficient (Wildman–Crippen LogP) is 1.20. The zero-order valence-electron chi connectivity index (χ0n) is 11.6. The third-order valence-corrected chi connectivity index (χ3v) is 3.47. The van der Waals surface area contributed by atoms with E-state index in [1.165, 1.54) is 0 Å². The lowest BCUT2D eigenvalue weighted by atomic mass is 10.5. The normalized spacial score (nSPS) is 10.4. The molecular formula is C13H14N4O3S. The maximum atomic E-state index is 11.4. The van der Waals surface area contributed by atoms with Gasteiger partial charge in [-0.25, -0.2) is 9.78 Å². The summed E-state index contributed by atoms with van der Waals surface area (Å²) in [5, 5.41) is 8.64. The molecule has 0 saturated heterocycles. The summed E-state index contributed by atoms with van der Waals surface area (Å²) in [7, 11) is 0. The van der Waals surface area contributed by atoms with Crippen LogP contribution in [0.4, 0.5) is 0 Å². The molecule has 0 amide bonds. The van der Waals surface area contributed by atoms with E-state index < -0.39 is 11.8 Å². The van der Waals surface area contributed by atoms with Gasteiger partial charge in [0.2, 0.25) is 5.78 Å². The Labute approximate surface area is 125 Å². The molecule has 8 heteroatoms. The van der Waals surface area contributed by atoms with Crippen molar-refractivity contribution in [1.29, 1.82) is 0 Å². The molecule has 0 aliphatic carbocycles. The second-order valence-corrected chi connectivity index (χ2v) is 5.00. The van der Waals surface area contributed by atoms with Crippen molar-refractivity contribution in [3.8, 4) is 5.82 Å². The minimum absolute atomic E-state index is 0.0169. The van der Waals surface area contributed by atoms with Crippen molar-refractivity contribution in [3.05, 3.63) is 30.4 Å². The van der Waals surface area contributed by atoms with Gasteiger partial charge in [-0.15, -0.1) is 10.2 Å². The fourth-order valence-corrected chi connectivity index (χ4v) is 2.21. The molecule has 0 aliphatic rings. The highest BCUT2D eigenvalue weighted by atomic mass is 32.2. The Kier molecular flexibility index (Phi) is 5.04. The van der Waals surface area contributed by atoms with E-state index in [0.29, 0.717) is 10.8 Å². The molecule has 0 atom stereocenters. The molecule has 0 saturated carbocycles. The monoisotopic (exact) mass is 306 g/mol. The second-order valence-electron chi connectivity index (χ2n) is 4.01. The van der Waals surface area contributed by atoms with Crippen molar-refractivity contribution >= 4 is 23.5 Å². The number of hydrogen-bond acceptors (Lipinski definition) is 7. The number of thioether (sulfide) groups is 1. The Morgan fingerprint density at radius 3 is 2.71 bits per heavy atom. The number of aryl methyl sites for hydroxylation is 1. The van der Waals surface area contributed by atoms with E-state index in [1.54, 1.807) is 36.0 Å². The molecular weight excluding hydrogens is 292 g/mol. The van der Waals surface area contributed by atoms with Crippen molar-refractivity contribution in [1.82, 2.24) is 19.7 Å². The van der Waals surface area contributed by atoms with Gasteiger partial charge in [-0.3, -0.25) is 9.36 Å². The number of nitrogens with zero attached hydrogens (tertiary/aromatic N) is 4. The molecule has 0 N–H and O–H groups in total. The summed E-state index contributed by atoms with van der Waals surface area (Å²) >= 11 is 1.14. The molecule has 7 nitrogen and oxygen atoms in total. The lowest BCUT2D eigenvalue weighted by molar-refractivity contribution is -0.152. The Hall–Kier alpha value is -2.22. The molecule has 0 aromatic carbocycles. The number of Topliss-reactive ketones (excluding diaryl/α,β-unsaturated/α-hetero) is 1. The quantitative estimate of drug-likeness (QED) is 0.450. The molecule has 0 fully saturated rings. The minimum Gasteiger partial charge on any atom is -0.460 e. The Morgan fingerprint density at radius 1 is 1.33 bits per heavy atom. The van der Waals surface area contributed by atoms with E-state index in [9.17, 15) is 9.59 Å². The molecule has 2 aromatic heterocycles. The highest BCUT2D eigenvalue weighted by Crippen LogP contribution is 2.16. The molecule has 0 radical (unpaired) electrons. The van der Waals surface area contributed by atoms with Crippen LogP contribution in [0, 0.1) is 6.92 Å². The van der Waals surface area contributed by atoms with Crippen LogP contribution in [-0.2, 0) is 14.3 Å². The molecule has 110 valence electrons. The van der Waals surface area contributed by atoms with Crippen LogP contribution in [0.25, 0.3) is 5.82 Å². The predicted molar refractivity (Wildman–Crippen MR) is 76.3 cm³/mol. The van der Waals surface area contributed by atoms with Gasteiger partial charge in [-0.05, 0) is 26.0 Å². The molecule has 2 aromatic rings. The number of esters is 1. The number of carbonyl (C=O) groups is 2. The van der Waals surface area contributed by atoms with E-state index in [4.69, 9.17) is 0 Å². The zero-order chi connectivity index (χ0) is 15.2. The standard InChI is InChI=1S/C13H14N4O3S/c1-3-20-13(19)10(18)8-21-12-5-4-11(15-16-12)17-7-6-14-9(17)2/h4-7H,3,8H2,1-2H3. The Bertz CT molecular complexity index is 639. The first-order valence-corrected chi connectivity index (χ1v) is 7.27. The van der Waals surface area contributed by atoms with Gasteiger partial charge in [0.25, 0.3) is 0 Å². The topological polar surface area (TPSA) is 87.0 Å². The van der Waals surface area contributed by atoms with E-state index in [2.05, 4.69) is 19.9 Å². The van der Waals surface area contributed by atoms with E-state index >= 15 is 0 Å². The summed E-state index contributed by atoms with van der Waals surface area (Å²) in [5.74, 6) is 0.0341. The van der Waals surface area contributed by atoms with Gasteiger partial charge >= 0.3 is 5.97 Å². The summed E-state index contributed by atoms with van der Waals surface area (Å²) in [6.07, 6.45) is 3.47. The van der Waals surface area contributed by atoms with Gasteiger partial charge in [-0.1, -0.05) is 11.8 Å². The first kappa shape index (κ1) is 15.2. The molecule has 0 bridgehead atoms. The molecule has 2 heterocycles. The van der Waals surface area contributed by atoms with Crippen LogP contribution >= 0.6 is 11.8 Å². The van der Waals surface area contributed by atoms with Crippen LogP contribution in [0.2, 0.25) is 0 Å². The molecule has 0 unspecified atom stereocenters. The maximum Gasteiger partial charge on any atom is 0.375 e. The average molecular weight is 306 g/mol. The van der Waals surface area contributed by atoms with Crippen molar-refractivity contribution in [2.75, 3.05) is 12.4 Å². The Morgan fingerprint density at radius 2 is 2.14 bits per heavy atom. The number of ketones is 1. The number of ether oxygens (including phenoxy) is 1. The van der Waals surface area contributed by atoms with Gasteiger partial charge in [0, 0.05) is 12.4 Å². The minimum atomic E-state index is -0.816. The van der Waals surface area contributed by atoms with E-state index in [0.717, 1.165) is 17.6 Å². The van der Waals surface area contributed by atoms with Crippen LogP contribution in [0.15, 0.2) is 29.6 Å². The third kappa shape index (κ3) is 3.88. The third-order valence-electron chi connectivity index (χ3n) is 2.55. The summed E-state index contributed by atoms with van der Waals surface area (Å²) in [5.41, 5.74) is 0. The van der Waals surface area contributed by atoms with E-state index in [-0.39, 0.29) is 12.4 Å². The number of hydrogen-bond donors (Lipinski definition) is 0. The summed E-state index contributed by atoms with van der Waals surface area (Å²) in [6, 6.07) is 3.52. The zero-order valence-corrected chi connectivity index (χ0v) is 12.5. The SMILES string of the molecule is CCOC(=O)C(=O)CSc1ccc(-n2ccnc2C)nn1. The van der Waals surface area contributed by atoms with Gasteiger partial charge in [0.15, 0.2) is 5.82 Å². The highest BCUT2D eigenvalue weighted by Gasteiger charge is 2.15. The summed E-state index contributed by atoms with van der Waals surface area (Å²) in [6.45, 7) is 3.71. The van der Waals surface area contributed by atoms with Crippen LogP contribution < -0.4 is 0 Å². The number of rotatable bonds is 6. The molecule has 0 aliphatic heterocycles. The van der Waals surface area contributed by atoms with Crippen molar-refractivity contribution in [2.24, 2.45) is 0 Å². The largest absolute Gasteiger partial charge is 0.460 e. The van der Waals surface area contributed by atoms with Crippen molar-refractivity contribution < 1.29 is 14.3 Å². The summed E-state index contributed by atoms with van der Waals surface area (Å²) in [4.78, 5) is 26.7. The smallest absolute Gasteiger partial charge is 0.375 e. The van der Waals surface area contributed by atoms with Crippen LogP contribution in [0.5, 0.6) is 0 Å². The second kappa shape index (κ2) is 6.98. The van der Waals surface area contributed by atoms with Crippen molar-refractivity contribution in [3.63, 3.8) is 0 Å². The highest BCUT2D eigenvalue weighted by molar-refractivity contribution is 8.00. The number of carbonyl (C=O) groups excluding carboxylic acids is 2.